The van der Waals surface area contributed by atoms with Crippen LogP contribution in [0.1, 0.15) is 12.8 Å². The van der Waals surface area contributed by atoms with E-state index in [1.165, 1.54) is 17.1 Å². The maximum absolute atomic E-state index is 11.8. The van der Waals surface area contributed by atoms with E-state index in [1.807, 2.05) is 0 Å². The standard InChI is InChI=1S/C12H18N2O5/c1-3-7-14(8-4-2)12(19)13-9(11(17)18)5-6-10(15)16/h3-4,9H,1-2,5-8H2,(H,13,19)(H,15,16)(H,17,18)/t9-/m0/s1. The quantitative estimate of drug-likeness (QED) is 0.534. The van der Waals surface area contributed by atoms with Crippen molar-refractivity contribution in [3.05, 3.63) is 25.3 Å². The van der Waals surface area contributed by atoms with Gasteiger partial charge in [0.25, 0.3) is 0 Å². The molecule has 0 heterocycles. The summed E-state index contributed by atoms with van der Waals surface area (Å²) < 4.78 is 0. The summed E-state index contributed by atoms with van der Waals surface area (Å²) in [5.74, 6) is -2.39. The lowest BCUT2D eigenvalue weighted by atomic mass is 10.1. The Morgan fingerprint density at radius 2 is 1.68 bits per heavy atom. The van der Waals surface area contributed by atoms with Crippen molar-refractivity contribution in [2.75, 3.05) is 13.1 Å². The third kappa shape index (κ3) is 6.87. The summed E-state index contributed by atoms with van der Waals surface area (Å²) in [5.41, 5.74) is 0. The number of carboxylic acid groups (broad SMARTS) is 2. The van der Waals surface area contributed by atoms with Crippen molar-refractivity contribution in [2.24, 2.45) is 0 Å². The Morgan fingerprint density at radius 3 is 2.05 bits per heavy atom. The highest BCUT2D eigenvalue weighted by atomic mass is 16.4. The molecule has 3 N–H and O–H groups in total. The normalized spacial score (nSPS) is 11.2. The summed E-state index contributed by atoms with van der Waals surface area (Å²) in [7, 11) is 0. The lowest BCUT2D eigenvalue weighted by Gasteiger charge is -2.22. The summed E-state index contributed by atoms with van der Waals surface area (Å²) in [5, 5.41) is 19.7. The van der Waals surface area contributed by atoms with E-state index in [0.29, 0.717) is 0 Å². The van der Waals surface area contributed by atoms with E-state index in [-0.39, 0.29) is 25.9 Å². The molecular formula is C12H18N2O5. The molecule has 0 aliphatic carbocycles. The van der Waals surface area contributed by atoms with Crippen LogP contribution in [0.3, 0.4) is 0 Å². The van der Waals surface area contributed by atoms with E-state index in [4.69, 9.17) is 10.2 Å². The van der Waals surface area contributed by atoms with Crippen LogP contribution in [0.5, 0.6) is 0 Å². The van der Waals surface area contributed by atoms with Crippen molar-refractivity contribution in [1.29, 1.82) is 0 Å². The molecule has 0 saturated heterocycles. The zero-order chi connectivity index (χ0) is 14.8. The van der Waals surface area contributed by atoms with Gasteiger partial charge in [-0.05, 0) is 6.42 Å². The van der Waals surface area contributed by atoms with Crippen LogP contribution in [0.4, 0.5) is 4.79 Å². The first-order chi connectivity index (χ1) is 8.92. The minimum absolute atomic E-state index is 0.174. The van der Waals surface area contributed by atoms with Crippen LogP contribution in [0, 0.1) is 0 Å². The Hall–Kier alpha value is -2.31. The smallest absolute Gasteiger partial charge is 0.326 e. The number of hydrogen-bond donors (Lipinski definition) is 3. The molecule has 106 valence electrons. The third-order valence-electron chi connectivity index (χ3n) is 2.23. The molecule has 19 heavy (non-hydrogen) atoms. The summed E-state index contributed by atoms with van der Waals surface area (Å²) in [6.07, 6.45) is 2.48. The van der Waals surface area contributed by atoms with Crippen molar-refractivity contribution < 1.29 is 24.6 Å². The molecule has 0 radical (unpaired) electrons. The highest BCUT2D eigenvalue weighted by molar-refractivity contribution is 5.83. The van der Waals surface area contributed by atoms with Crippen molar-refractivity contribution in [3.8, 4) is 0 Å². The average molecular weight is 270 g/mol. The Morgan fingerprint density at radius 1 is 1.16 bits per heavy atom. The maximum Gasteiger partial charge on any atom is 0.326 e. The fourth-order valence-corrected chi connectivity index (χ4v) is 1.32. The van der Waals surface area contributed by atoms with Crippen molar-refractivity contribution in [3.63, 3.8) is 0 Å². The molecule has 0 aromatic rings. The molecule has 0 aromatic carbocycles. The number of carbonyl (C=O) groups excluding carboxylic acids is 1. The van der Waals surface area contributed by atoms with Crippen LogP contribution in [0.15, 0.2) is 25.3 Å². The van der Waals surface area contributed by atoms with Crippen LogP contribution in [0.2, 0.25) is 0 Å². The van der Waals surface area contributed by atoms with Crippen LogP contribution >= 0.6 is 0 Å². The monoisotopic (exact) mass is 270 g/mol. The second kappa shape index (κ2) is 8.73. The fourth-order valence-electron chi connectivity index (χ4n) is 1.32. The van der Waals surface area contributed by atoms with Gasteiger partial charge in [0.05, 0.1) is 0 Å². The predicted octanol–water partition coefficient (Wildman–Crippen LogP) is 0.688. The predicted molar refractivity (Wildman–Crippen MR) is 68.8 cm³/mol. The number of urea groups is 1. The minimum atomic E-state index is -1.27. The van der Waals surface area contributed by atoms with Gasteiger partial charge < -0.3 is 20.4 Å². The highest BCUT2D eigenvalue weighted by Crippen LogP contribution is 2.00. The van der Waals surface area contributed by atoms with E-state index < -0.39 is 24.0 Å². The first kappa shape index (κ1) is 16.7. The molecular weight excluding hydrogens is 252 g/mol. The number of carboxylic acids is 2. The topological polar surface area (TPSA) is 107 Å². The first-order valence-electron chi connectivity index (χ1n) is 5.64. The van der Waals surface area contributed by atoms with Gasteiger partial charge in [0.15, 0.2) is 0 Å². The second-order valence-corrected chi connectivity index (χ2v) is 3.76. The van der Waals surface area contributed by atoms with Gasteiger partial charge in [-0.3, -0.25) is 4.79 Å². The van der Waals surface area contributed by atoms with E-state index in [1.54, 1.807) is 0 Å². The molecule has 0 saturated carbocycles. The van der Waals surface area contributed by atoms with Crippen LogP contribution < -0.4 is 5.32 Å². The Labute approximate surface area is 111 Å². The Balaban J connectivity index is 4.58. The number of nitrogens with one attached hydrogen (secondary N) is 1. The third-order valence-corrected chi connectivity index (χ3v) is 2.23. The zero-order valence-electron chi connectivity index (χ0n) is 10.5. The van der Waals surface area contributed by atoms with E-state index in [9.17, 15) is 14.4 Å². The lowest BCUT2D eigenvalue weighted by Crippen LogP contribution is -2.48. The summed E-state index contributed by atoms with van der Waals surface area (Å²) in [6.45, 7) is 7.46. The van der Waals surface area contributed by atoms with Gasteiger partial charge in [-0.2, -0.15) is 0 Å². The summed E-state index contributed by atoms with van der Waals surface area (Å²) >= 11 is 0. The average Bonchev–Trinajstić information content (AvgIpc) is 2.33. The zero-order valence-corrected chi connectivity index (χ0v) is 10.5. The molecule has 0 aliphatic rings. The Bertz CT molecular complexity index is 357. The van der Waals surface area contributed by atoms with E-state index in [2.05, 4.69) is 18.5 Å². The molecule has 0 unspecified atom stereocenters. The summed E-state index contributed by atoms with van der Waals surface area (Å²) in [4.78, 5) is 34.4. The molecule has 1 atom stereocenters. The number of rotatable bonds is 9. The van der Waals surface area contributed by atoms with E-state index in [0.717, 1.165) is 0 Å². The summed E-state index contributed by atoms with van der Waals surface area (Å²) in [6, 6.07) is -1.83. The van der Waals surface area contributed by atoms with Crippen LogP contribution in [-0.4, -0.2) is 52.2 Å². The highest BCUT2D eigenvalue weighted by Gasteiger charge is 2.22. The number of aliphatic carboxylic acids is 2. The molecule has 2 amide bonds. The van der Waals surface area contributed by atoms with Crippen LogP contribution in [0.25, 0.3) is 0 Å². The van der Waals surface area contributed by atoms with E-state index >= 15 is 0 Å². The molecule has 0 aliphatic heterocycles. The van der Waals surface area contributed by atoms with Crippen LogP contribution in [-0.2, 0) is 9.59 Å². The van der Waals surface area contributed by atoms with Gasteiger partial charge in [0.2, 0.25) is 0 Å². The Kier molecular flexibility index (Phi) is 7.67. The van der Waals surface area contributed by atoms with Gasteiger partial charge in [0.1, 0.15) is 6.04 Å². The van der Waals surface area contributed by atoms with Gasteiger partial charge in [0, 0.05) is 19.5 Å². The molecule has 0 aromatic heterocycles. The largest absolute Gasteiger partial charge is 0.481 e. The molecule has 7 nitrogen and oxygen atoms in total. The number of carbonyl (C=O) groups is 3. The molecule has 0 spiro atoms. The maximum atomic E-state index is 11.8. The van der Waals surface area contributed by atoms with Crippen molar-refractivity contribution in [1.82, 2.24) is 10.2 Å². The molecule has 0 fully saturated rings. The van der Waals surface area contributed by atoms with Crippen molar-refractivity contribution >= 4 is 18.0 Å². The number of amides is 2. The van der Waals surface area contributed by atoms with Crippen molar-refractivity contribution in [2.45, 2.75) is 18.9 Å². The fraction of sp³-hybridized carbons (Fsp3) is 0.417. The SMILES string of the molecule is C=CCN(CC=C)C(=O)N[C@@H](CCC(=O)O)C(=O)O. The molecule has 0 bridgehead atoms. The van der Waals surface area contributed by atoms with Gasteiger partial charge >= 0.3 is 18.0 Å². The minimum Gasteiger partial charge on any atom is -0.481 e. The second-order valence-electron chi connectivity index (χ2n) is 3.76. The lowest BCUT2D eigenvalue weighted by molar-refractivity contribution is -0.140. The van der Waals surface area contributed by atoms with Gasteiger partial charge in [-0.15, -0.1) is 13.2 Å². The first-order valence-corrected chi connectivity index (χ1v) is 5.64. The van der Waals surface area contributed by atoms with Gasteiger partial charge in [-0.25, -0.2) is 9.59 Å². The molecule has 0 rings (SSSR count). The van der Waals surface area contributed by atoms with Gasteiger partial charge in [-0.1, -0.05) is 12.2 Å². The molecule has 7 heteroatoms. The number of nitrogens with zero attached hydrogens (tertiary/aromatic N) is 1. The number of hydrogen-bond acceptors (Lipinski definition) is 3.